The van der Waals surface area contributed by atoms with E-state index in [-0.39, 0.29) is 22.2 Å². The van der Waals surface area contributed by atoms with Gasteiger partial charge in [0, 0.05) is 5.92 Å². The number of aldehydes is 1. The monoisotopic (exact) mass is 484 g/mol. The maximum Gasteiger partial charge on any atom is 0.309 e. The lowest BCUT2D eigenvalue weighted by atomic mass is 9.42. The molecule has 0 aromatic carbocycles. The molecule has 0 aromatic rings. The predicted molar refractivity (Wildman–Crippen MR) is 143 cm³/mol. The van der Waals surface area contributed by atoms with Crippen LogP contribution in [0.4, 0.5) is 0 Å². The molecule has 3 nitrogen and oxygen atoms in total. The molecule has 0 bridgehead atoms. The Kier molecular flexibility index (Phi) is 6.94. The second-order valence-electron chi connectivity index (χ2n) is 15.2. The molecule has 0 saturated heterocycles. The lowest BCUT2D eigenvalue weighted by molar-refractivity contribution is -0.151. The number of hydrogen-bond acceptors (Lipinski definition) is 2. The molecule has 198 valence electrons. The molecule has 0 heterocycles. The van der Waals surface area contributed by atoms with Gasteiger partial charge in [-0.1, -0.05) is 60.1 Å². The van der Waals surface area contributed by atoms with Gasteiger partial charge in [-0.3, -0.25) is 4.79 Å². The number of carbonyl (C=O) groups excluding carboxylic acids is 1. The van der Waals surface area contributed by atoms with Gasteiger partial charge in [0.05, 0.1) is 5.41 Å². The number of fused-ring (bicyclic) bond motifs is 3. The van der Waals surface area contributed by atoms with E-state index < -0.39 is 11.4 Å². The van der Waals surface area contributed by atoms with Crippen LogP contribution in [0, 0.1) is 56.7 Å². The maximum absolute atomic E-state index is 12.3. The smallest absolute Gasteiger partial charge is 0.309 e. The summed E-state index contributed by atoms with van der Waals surface area (Å²) in [5, 5.41) is 9.70. The zero-order valence-corrected chi connectivity index (χ0v) is 23.7. The Hall–Kier alpha value is -1.12. The zero-order chi connectivity index (χ0) is 25.9. The van der Waals surface area contributed by atoms with E-state index in [0.717, 1.165) is 50.4 Å². The van der Waals surface area contributed by atoms with Gasteiger partial charge in [-0.2, -0.15) is 0 Å². The van der Waals surface area contributed by atoms with Crippen molar-refractivity contribution in [3.8, 4) is 0 Å². The van der Waals surface area contributed by atoms with E-state index in [0.29, 0.717) is 17.3 Å². The summed E-state index contributed by atoms with van der Waals surface area (Å²) in [6.07, 6.45) is 18.4. The molecule has 3 fully saturated rings. The molecule has 0 spiro atoms. The van der Waals surface area contributed by atoms with E-state index in [2.05, 4.69) is 53.7 Å². The van der Waals surface area contributed by atoms with Gasteiger partial charge in [0.1, 0.15) is 6.29 Å². The first-order valence-electron chi connectivity index (χ1n) is 14.6. The summed E-state index contributed by atoms with van der Waals surface area (Å²) >= 11 is 0. The number of aliphatic carboxylic acids is 1. The van der Waals surface area contributed by atoms with Crippen molar-refractivity contribution in [1.82, 2.24) is 0 Å². The molecule has 0 aliphatic heterocycles. The molecule has 0 amide bonds. The Morgan fingerprint density at radius 1 is 0.943 bits per heavy atom. The van der Waals surface area contributed by atoms with E-state index in [1.54, 1.807) is 0 Å². The molecule has 4 rings (SSSR count). The number of rotatable bonds is 5. The van der Waals surface area contributed by atoms with Crippen molar-refractivity contribution in [3.63, 3.8) is 0 Å². The zero-order valence-electron chi connectivity index (χ0n) is 23.7. The third-order valence-electron chi connectivity index (χ3n) is 12.7. The Morgan fingerprint density at radius 3 is 2.20 bits per heavy atom. The fourth-order valence-corrected chi connectivity index (χ4v) is 9.42. The van der Waals surface area contributed by atoms with Crippen LogP contribution in [-0.4, -0.2) is 17.4 Å². The molecule has 3 saturated carbocycles. The van der Waals surface area contributed by atoms with Crippen LogP contribution in [-0.2, 0) is 9.59 Å². The first kappa shape index (κ1) is 26.9. The summed E-state index contributed by atoms with van der Waals surface area (Å²) in [6.45, 7) is 16.8. The summed E-state index contributed by atoms with van der Waals surface area (Å²) in [5.41, 5.74) is 0.316. The SMILES string of the molecule is CC1C(C=O)C=CC(C)(CCC2(C)CCC(C)(C(=O)O)CC2)C2(C)CCC3C(CCCC3(C)C)C12. The molecule has 4 aliphatic carbocycles. The molecular weight excluding hydrogens is 432 g/mol. The number of hydrogen-bond donors (Lipinski definition) is 1. The van der Waals surface area contributed by atoms with Crippen LogP contribution in [0.5, 0.6) is 0 Å². The average molecular weight is 485 g/mol. The van der Waals surface area contributed by atoms with E-state index in [4.69, 9.17) is 0 Å². The van der Waals surface area contributed by atoms with Crippen LogP contribution in [0.3, 0.4) is 0 Å². The Bertz CT molecular complexity index is 847. The van der Waals surface area contributed by atoms with Crippen molar-refractivity contribution in [2.75, 3.05) is 0 Å². The van der Waals surface area contributed by atoms with Gasteiger partial charge < -0.3 is 9.90 Å². The van der Waals surface area contributed by atoms with Gasteiger partial charge in [-0.05, 0) is 116 Å². The second kappa shape index (κ2) is 9.02. The highest BCUT2D eigenvalue weighted by atomic mass is 16.4. The fraction of sp³-hybridized carbons (Fsp3) is 0.875. The Balaban J connectivity index is 1.62. The Labute approximate surface area is 214 Å². The van der Waals surface area contributed by atoms with Crippen molar-refractivity contribution in [2.45, 2.75) is 119 Å². The van der Waals surface area contributed by atoms with E-state index >= 15 is 0 Å². The fourth-order valence-electron chi connectivity index (χ4n) is 9.42. The standard InChI is InChI=1S/C32H52O3/c1-22-23(21-33)10-13-31(6,20-17-29(4)15-18-30(5,19-16-29)27(34)35)32(7)14-11-25-24(26(22)32)9-8-12-28(25,2)3/h10,13,21-26H,8-9,11-12,14-20H2,1-7H3,(H,34,35). The van der Waals surface area contributed by atoms with Crippen molar-refractivity contribution < 1.29 is 14.7 Å². The van der Waals surface area contributed by atoms with Crippen molar-refractivity contribution in [1.29, 1.82) is 0 Å². The van der Waals surface area contributed by atoms with Gasteiger partial charge in [0.25, 0.3) is 0 Å². The van der Waals surface area contributed by atoms with Crippen LogP contribution in [0.2, 0.25) is 0 Å². The highest BCUT2D eigenvalue weighted by Gasteiger charge is 2.60. The predicted octanol–water partition coefficient (Wildman–Crippen LogP) is 8.32. The molecule has 35 heavy (non-hydrogen) atoms. The molecule has 4 aliphatic rings. The highest BCUT2D eigenvalue weighted by Crippen LogP contribution is 2.67. The Morgan fingerprint density at radius 2 is 1.60 bits per heavy atom. The number of carbonyl (C=O) groups is 2. The number of carboxylic acid groups (broad SMARTS) is 1. The first-order valence-corrected chi connectivity index (χ1v) is 14.6. The minimum absolute atomic E-state index is 0.0199. The summed E-state index contributed by atoms with van der Waals surface area (Å²) in [6, 6.07) is 0. The molecular formula is C32H52O3. The van der Waals surface area contributed by atoms with Crippen LogP contribution in [0.25, 0.3) is 0 Å². The van der Waals surface area contributed by atoms with Gasteiger partial charge in [-0.15, -0.1) is 0 Å². The van der Waals surface area contributed by atoms with E-state index in [1.165, 1.54) is 38.4 Å². The van der Waals surface area contributed by atoms with Gasteiger partial charge in [-0.25, -0.2) is 0 Å². The normalized spacial score (nSPS) is 49.4. The number of carboxylic acids is 1. The van der Waals surface area contributed by atoms with Crippen LogP contribution in [0.15, 0.2) is 12.2 Å². The average Bonchev–Trinajstić information content (AvgIpc) is 2.87. The van der Waals surface area contributed by atoms with Crippen LogP contribution < -0.4 is 0 Å². The molecule has 7 unspecified atom stereocenters. The first-order chi connectivity index (χ1) is 16.2. The van der Waals surface area contributed by atoms with E-state index in [1.807, 2.05) is 6.92 Å². The minimum Gasteiger partial charge on any atom is -0.481 e. The third kappa shape index (κ3) is 4.46. The van der Waals surface area contributed by atoms with E-state index in [9.17, 15) is 14.7 Å². The summed E-state index contributed by atoms with van der Waals surface area (Å²) in [5.74, 6) is 1.84. The molecule has 7 atom stereocenters. The van der Waals surface area contributed by atoms with Gasteiger partial charge in [0.15, 0.2) is 0 Å². The topological polar surface area (TPSA) is 54.4 Å². The largest absolute Gasteiger partial charge is 0.481 e. The molecule has 0 radical (unpaired) electrons. The minimum atomic E-state index is -0.630. The summed E-state index contributed by atoms with van der Waals surface area (Å²) in [4.78, 5) is 24.1. The second-order valence-corrected chi connectivity index (χ2v) is 15.2. The van der Waals surface area contributed by atoms with Gasteiger partial charge >= 0.3 is 5.97 Å². The molecule has 3 heteroatoms. The summed E-state index contributed by atoms with van der Waals surface area (Å²) < 4.78 is 0. The van der Waals surface area contributed by atoms with Gasteiger partial charge in [0.2, 0.25) is 0 Å². The quantitative estimate of drug-likeness (QED) is 0.315. The van der Waals surface area contributed by atoms with Crippen molar-refractivity contribution in [3.05, 3.63) is 12.2 Å². The summed E-state index contributed by atoms with van der Waals surface area (Å²) in [7, 11) is 0. The molecule has 0 aromatic heterocycles. The maximum atomic E-state index is 12.3. The molecule has 1 N–H and O–H groups in total. The van der Waals surface area contributed by atoms with Crippen LogP contribution >= 0.6 is 0 Å². The number of allylic oxidation sites excluding steroid dienone is 2. The lowest BCUT2D eigenvalue weighted by Crippen LogP contribution is -2.55. The van der Waals surface area contributed by atoms with Crippen LogP contribution in [0.1, 0.15) is 119 Å². The lowest BCUT2D eigenvalue weighted by Gasteiger charge is -2.62. The van der Waals surface area contributed by atoms with Crippen molar-refractivity contribution >= 4 is 12.3 Å². The third-order valence-corrected chi connectivity index (χ3v) is 12.7. The van der Waals surface area contributed by atoms with Crippen molar-refractivity contribution in [2.24, 2.45) is 56.7 Å². The highest BCUT2D eigenvalue weighted by molar-refractivity contribution is 5.74.